The highest BCUT2D eigenvalue weighted by Gasteiger charge is 2.18. The zero-order valence-electron chi connectivity index (χ0n) is 16.6. The van der Waals surface area contributed by atoms with Crippen LogP contribution in [0, 0.1) is 0 Å². The van der Waals surface area contributed by atoms with Gasteiger partial charge >= 0.3 is 0 Å². The van der Waals surface area contributed by atoms with Gasteiger partial charge in [-0.15, -0.1) is 24.0 Å². The lowest BCUT2D eigenvalue weighted by molar-refractivity contribution is -0.127. The molecule has 0 bridgehead atoms. The van der Waals surface area contributed by atoms with E-state index in [2.05, 4.69) is 58.8 Å². The van der Waals surface area contributed by atoms with Gasteiger partial charge in [0.1, 0.15) is 0 Å². The Labute approximate surface area is 180 Å². The van der Waals surface area contributed by atoms with E-state index in [4.69, 9.17) is 0 Å². The van der Waals surface area contributed by atoms with Crippen LogP contribution in [-0.4, -0.2) is 68.0 Å². The van der Waals surface area contributed by atoms with Gasteiger partial charge in [-0.25, -0.2) is 0 Å². The van der Waals surface area contributed by atoms with Crippen LogP contribution in [0.25, 0.3) is 0 Å². The largest absolute Gasteiger partial charge is 0.357 e. The lowest BCUT2D eigenvalue weighted by Gasteiger charge is -2.18. The predicted molar refractivity (Wildman–Crippen MR) is 123 cm³/mol. The maximum absolute atomic E-state index is 11.6. The van der Waals surface area contributed by atoms with E-state index >= 15 is 0 Å². The van der Waals surface area contributed by atoms with Crippen LogP contribution in [0.5, 0.6) is 0 Å². The molecule has 2 N–H and O–H groups in total. The van der Waals surface area contributed by atoms with Crippen molar-refractivity contribution in [1.82, 2.24) is 20.4 Å². The molecule has 1 aromatic carbocycles. The van der Waals surface area contributed by atoms with Crippen LogP contribution < -0.4 is 10.6 Å². The fraction of sp³-hybridized carbons (Fsp3) is 0.600. The van der Waals surface area contributed by atoms with E-state index in [0.717, 1.165) is 64.6 Å². The number of guanidine groups is 1. The van der Waals surface area contributed by atoms with Crippen molar-refractivity contribution in [2.24, 2.45) is 4.99 Å². The normalized spacial score (nSPS) is 14.4. The van der Waals surface area contributed by atoms with Gasteiger partial charge in [0.05, 0.1) is 0 Å². The quantitative estimate of drug-likeness (QED) is 0.230. The van der Waals surface area contributed by atoms with Crippen LogP contribution in [0.2, 0.25) is 0 Å². The molecule has 1 fully saturated rings. The van der Waals surface area contributed by atoms with E-state index in [1.807, 2.05) is 11.0 Å². The summed E-state index contributed by atoms with van der Waals surface area (Å²) in [6.07, 6.45) is 2.63. The minimum Gasteiger partial charge on any atom is -0.357 e. The third-order valence-electron chi connectivity index (χ3n) is 4.45. The number of likely N-dealkylation sites (N-methyl/N-ethyl adjacent to an activating group) is 1. The van der Waals surface area contributed by atoms with Crippen LogP contribution in [0.4, 0.5) is 0 Å². The highest BCUT2D eigenvalue weighted by atomic mass is 127. The molecule has 7 heteroatoms. The number of carbonyl (C=O) groups excluding carboxylic acids is 1. The number of likely N-dealkylation sites (tertiary alicyclic amines) is 1. The number of carbonyl (C=O) groups is 1. The van der Waals surface area contributed by atoms with Gasteiger partial charge in [-0.1, -0.05) is 30.3 Å². The van der Waals surface area contributed by atoms with Gasteiger partial charge in [-0.05, 0) is 32.4 Å². The Morgan fingerprint density at radius 2 is 2.04 bits per heavy atom. The van der Waals surface area contributed by atoms with Gasteiger partial charge in [0.15, 0.2) is 5.96 Å². The van der Waals surface area contributed by atoms with Crippen LogP contribution in [-0.2, 0) is 11.3 Å². The molecule has 1 saturated heterocycles. The second kappa shape index (κ2) is 13.8. The summed E-state index contributed by atoms with van der Waals surface area (Å²) < 4.78 is 0. The number of benzene rings is 1. The standard InChI is InChI=1S/C20H33N5O.HI/c1-3-21-20(22-12-8-15-25-14-7-11-19(25)26)23-13-16-24(2)17-18-9-5-4-6-10-18;/h4-6,9-10H,3,7-8,11-17H2,1-2H3,(H2,21,22,23);1H. The van der Waals surface area contributed by atoms with Gasteiger partial charge < -0.3 is 20.4 Å². The van der Waals surface area contributed by atoms with Crippen molar-refractivity contribution >= 4 is 35.8 Å². The van der Waals surface area contributed by atoms with E-state index in [1.165, 1.54) is 5.56 Å². The van der Waals surface area contributed by atoms with E-state index < -0.39 is 0 Å². The molecule has 1 aromatic rings. The van der Waals surface area contributed by atoms with Crippen molar-refractivity contribution in [1.29, 1.82) is 0 Å². The van der Waals surface area contributed by atoms with E-state index in [0.29, 0.717) is 12.3 Å². The van der Waals surface area contributed by atoms with Gasteiger partial charge in [-0.2, -0.15) is 0 Å². The Hall–Kier alpha value is -1.35. The Kier molecular flexibility index (Phi) is 12.1. The molecule has 0 saturated carbocycles. The molecule has 0 atom stereocenters. The minimum atomic E-state index is 0. The first-order valence-electron chi connectivity index (χ1n) is 9.71. The van der Waals surface area contributed by atoms with Crippen molar-refractivity contribution in [2.75, 3.05) is 46.3 Å². The summed E-state index contributed by atoms with van der Waals surface area (Å²) in [4.78, 5) is 20.5. The fourth-order valence-electron chi connectivity index (χ4n) is 3.07. The average molecular weight is 487 g/mol. The first kappa shape index (κ1) is 23.7. The lowest BCUT2D eigenvalue weighted by Crippen LogP contribution is -2.41. The zero-order valence-corrected chi connectivity index (χ0v) is 18.9. The summed E-state index contributed by atoms with van der Waals surface area (Å²) in [6.45, 7) is 8.12. The number of rotatable bonds is 10. The zero-order chi connectivity index (χ0) is 18.6. The fourth-order valence-corrected chi connectivity index (χ4v) is 3.07. The third kappa shape index (κ3) is 9.41. The van der Waals surface area contributed by atoms with Crippen LogP contribution in [0.3, 0.4) is 0 Å². The Morgan fingerprint density at radius 3 is 2.70 bits per heavy atom. The SMILES string of the molecule is CCNC(=NCCCN1CCCC1=O)NCCN(C)Cc1ccccc1.I. The van der Waals surface area contributed by atoms with Crippen LogP contribution in [0.15, 0.2) is 35.3 Å². The molecule has 0 aliphatic carbocycles. The number of aliphatic imine (C=N–C) groups is 1. The molecule has 0 unspecified atom stereocenters. The summed E-state index contributed by atoms with van der Waals surface area (Å²) in [5.41, 5.74) is 1.33. The lowest BCUT2D eigenvalue weighted by atomic mass is 10.2. The molecule has 6 nitrogen and oxygen atoms in total. The van der Waals surface area contributed by atoms with Crippen LogP contribution >= 0.6 is 24.0 Å². The highest BCUT2D eigenvalue weighted by Crippen LogP contribution is 2.09. The van der Waals surface area contributed by atoms with E-state index in [-0.39, 0.29) is 24.0 Å². The molecule has 0 spiro atoms. The van der Waals surface area contributed by atoms with Crippen molar-refractivity contribution in [3.8, 4) is 0 Å². The van der Waals surface area contributed by atoms with Gasteiger partial charge in [0, 0.05) is 52.2 Å². The molecule has 2 rings (SSSR count). The number of nitrogens with zero attached hydrogens (tertiary/aromatic N) is 3. The van der Waals surface area contributed by atoms with Gasteiger partial charge in [-0.3, -0.25) is 9.79 Å². The third-order valence-corrected chi connectivity index (χ3v) is 4.45. The first-order chi connectivity index (χ1) is 12.7. The summed E-state index contributed by atoms with van der Waals surface area (Å²) in [5.74, 6) is 1.15. The monoisotopic (exact) mass is 487 g/mol. The number of nitrogens with one attached hydrogen (secondary N) is 2. The molecule has 152 valence electrons. The van der Waals surface area contributed by atoms with Gasteiger partial charge in [0.25, 0.3) is 0 Å². The highest BCUT2D eigenvalue weighted by molar-refractivity contribution is 14.0. The minimum absolute atomic E-state index is 0. The molecular weight excluding hydrogens is 453 g/mol. The van der Waals surface area contributed by atoms with Crippen molar-refractivity contribution in [3.05, 3.63) is 35.9 Å². The first-order valence-corrected chi connectivity index (χ1v) is 9.71. The maximum Gasteiger partial charge on any atom is 0.222 e. The second-order valence-corrected chi connectivity index (χ2v) is 6.75. The molecule has 1 aliphatic rings. The molecule has 0 radical (unpaired) electrons. The second-order valence-electron chi connectivity index (χ2n) is 6.75. The predicted octanol–water partition coefficient (Wildman–Crippen LogP) is 2.30. The molecular formula is C20H34IN5O. The number of halogens is 1. The van der Waals surface area contributed by atoms with Crippen molar-refractivity contribution < 1.29 is 4.79 Å². The Balaban J connectivity index is 0.00000364. The summed E-state index contributed by atoms with van der Waals surface area (Å²) in [5, 5.41) is 6.67. The molecule has 27 heavy (non-hydrogen) atoms. The summed E-state index contributed by atoms with van der Waals surface area (Å²) in [7, 11) is 2.13. The molecule has 0 aromatic heterocycles. The van der Waals surface area contributed by atoms with E-state index in [1.54, 1.807) is 0 Å². The smallest absolute Gasteiger partial charge is 0.222 e. The molecule has 1 amide bonds. The maximum atomic E-state index is 11.6. The molecule has 1 heterocycles. The van der Waals surface area contributed by atoms with Crippen LogP contribution in [0.1, 0.15) is 31.7 Å². The Bertz CT molecular complexity index is 567. The Morgan fingerprint density at radius 1 is 1.26 bits per heavy atom. The van der Waals surface area contributed by atoms with Crippen molar-refractivity contribution in [3.63, 3.8) is 0 Å². The van der Waals surface area contributed by atoms with Gasteiger partial charge in [0.2, 0.25) is 5.91 Å². The number of hydrogen-bond acceptors (Lipinski definition) is 3. The topological polar surface area (TPSA) is 60.0 Å². The average Bonchev–Trinajstić information content (AvgIpc) is 3.04. The number of hydrogen-bond donors (Lipinski definition) is 2. The number of amides is 1. The van der Waals surface area contributed by atoms with E-state index in [9.17, 15) is 4.79 Å². The summed E-state index contributed by atoms with van der Waals surface area (Å²) in [6, 6.07) is 10.5. The summed E-state index contributed by atoms with van der Waals surface area (Å²) >= 11 is 0. The van der Waals surface area contributed by atoms with Crippen molar-refractivity contribution in [2.45, 2.75) is 32.7 Å². The molecule has 1 aliphatic heterocycles.